The second-order valence-electron chi connectivity index (χ2n) is 5.64. The Hall–Kier alpha value is -3.09. The van der Waals surface area contributed by atoms with Crippen LogP contribution in [0.15, 0.2) is 52.2 Å². The van der Waals surface area contributed by atoms with E-state index in [2.05, 4.69) is 5.10 Å². The fraction of sp³-hybridized carbons (Fsp3) is 0.278. The van der Waals surface area contributed by atoms with Crippen LogP contribution in [0.5, 0.6) is 5.75 Å². The number of methoxy groups -OCH3 is 1. The first kappa shape index (κ1) is 16.8. The molecule has 0 saturated carbocycles. The van der Waals surface area contributed by atoms with Crippen LogP contribution in [-0.2, 0) is 9.59 Å². The molecule has 3 rings (SSSR count). The molecule has 1 aromatic carbocycles. The van der Waals surface area contributed by atoms with Crippen LogP contribution in [0.3, 0.4) is 0 Å². The molecule has 0 saturated heterocycles. The van der Waals surface area contributed by atoms with Crippen molar-refractivity contribution in [2.75, 3.05) is 7.11 Å². The topological polar surface area (TPSA) is 92.3 Å². The third-order valence-electron chi connectivity index (χ3n) is 4.01. The van der Waals surface area contributed by atoms with Crippen LogP contribution in [0.4, 0.5) is 0 Å². The number of aliphatic carboxylic acids is 1. The summed E-state index contributed by atoms with van der Waals surface area (Å²) >= 11 is 0. The zero-order valence-corrected chi connectivity index (χ0v) is 13.7. The molecule has 0 unspecified atom stereocenters. The molecule has 1 N–H and O–H groups in total. The molecule has 1 aliphatic heterocycles. The average Bonchev–Trinajstić information content (AvgIpc) is 3.29. The first-order chi connectivity index (χ1) is 12.1. The Morgan fingerprint density at radius 1 is 1.28 bits per heavy atom. The maximum atomic E-state index is 12.4. The van der Waals surface area contributed by atoms with Gasteiger partial charge in [-0.2, -0.15) is 5.10 Å². The van der Waals surface area contributed by atoms with Gasteiger partial charge in [-0.3, -0.25) is 9.59 Å². The molecule has 1 amide bonds. The number of carboxylic acid groups (broad SMARTS) is 1. The van der Waals surface area contributed by atoms with Gasteiger partial charge in [0.25, 0.3) is 0 Å². The molecule has 1 atom stereocenters. The van der Waals surface area contributed by atoms with Gasteiger partial charge in [0.15, 0.2) is 0 Å². The number of carbonyl (C=O) groups excluding carboxylic acids is 1. The molecule has 0 aliphatic carbocycles. The number of ether oxygens (including phenoxy) is 1. The van der Waals surface area contributed by atoms with E-state index in [0.29, 0.717) is 12.2 Å². The zero-order chi connectivity index (χ0) is 17.8. The van der Waals surface area contributed by atoms with Crippen molar-refractivity contribution in [2.24, 2.45) is 5.10 Å². The summed E-state index contributed by atoms with van der Waals surface area (Å²) in [6.07, 6.45) is 1.71. The minimum absolute atomic E-state index is 0.105. The Kier molecular flexibility index (Phi) is 4.83. The molecule has 0 spiro atoms. The van der Waals surface area contributed by atoms with Crippen LogP contribution in [0, 0.1) is 0 Å². The average molecular weight is 342 g/mol. The van der Waals surface area contributed by atoms with Crippen molar-refractivity contribution in [1.29, 1.82) is 0 Å². The quantitative estimate of drug-likeness (QED) is 0.871. The van der Waals surface area contributed by atoms with Gasteiger partial charge in [-0.25, -0.2) is 5.01 Å². The third kappa shape index (κ3) is 3.71. The van der Waals surface area contributed by atoms with Crippen LogP contribution in [0.25, 0.3) is 0 Å². The number of carbonyl (C=O) groups is 2. The molecule has 7 nitrogen and oxygen atoms in total. The summed E-state index contributed by atoms with van der Waals surface area (Å²) in [5, 5.41) is 14.6. The van der Waals surface area contributed by atoms with Crippen molar-refractivity contribution >= 4 is 17.6 Å². The highest BCUT2D eigenvalue weighted by atomic mass is 16.5. The summed E-state index contributed by atoms with van der Waals surface area (Å²) in [4.78, 5) is 23.2. The number of carboxylic acids is 1. The second-order valence-corrected chi connectivity index (χ2v) is 5.64. The maximum Gasteiger partial charge on any atom is 0.303 e. The minimum atomic E-state index is -1.01. The summed E-state index contributed by atoms with van der Waals surface area (Å²) in [6, 6.07) is 10.6. The van der Waals surface area contributed by atoms with Crippen LogP contribution >= 0.6 is 0 Å². The molecule has 7 heteroatoms. The molecule has 130 valence electrons. The molecule has 0 radical (unpaired) electrons. The smallest absolute Gasteiger partial charge is 0.303 e. The van der Waals surface area contributed by atoms with E-state index in [1.165, 1.54) is 5.01 Å². The van der Waals surface area contributed by atoms with Crippen molar-refractivity contribution in [3.63, 3.8) is 0 Å². The third-order valence-corrected chi connectivity index (χ3v) is 4.01. The first-order valence-electron chi connectivity index (χ1n) is 7.87. The Bertz CT molecular complexity index is 780. The SMILES string of the molecule is COc1ccc(C2=NN(C(=O)CCC(=O)O)[C@H](c3ccco3)C2)cc1. The highest BCUT2D eigenvalue weighted by molar-refractivity contribution is 6.03. The van der Waals surface area contributed by atoms with Gasteiger partial charge < -0.3 is 14.3 Å². The van der Waals surface area contributed by atoms with Gasteiger partial charge in [0.1, 0.15) is 17.6 Å². The lowest BCUT2D eigenvalue weighted by Gasteiger charge is -2.19. The lowest BCUT2D eigenvalue weighted by Crippen LogP contribution is -2.27. The Labute approximate surface area is 144 Å². The molecule has 2 heterocycles. The van der Waals surface area contributed by atoms with E-state index in [4.69, 9.17) is 14.3 Å². The van der Waals surface area contributed by atoms with Crippen molar-refractivity contribution in [3.8, 4) is 5.75 Å². The predicted molar refractivity (Wildman–Crippen MR) is 89.3 cm³/mol. The summed E-state index contributed by atoms with van der Waals surface area (Å²) in [5.74, 6) is 0.00373. The number of hydrogen-bond donors (Lipinski definition) is 1. The van der Waals surface area contributed by atoms with Crippen molar-refractivity contribution in [3.05, 3.63) is 54.0 Å². The summed E-state index contributed by atoms with van der Waals surface area (Å²) in [5.41, 5.74) is 1.62. The number of hydrazone groups is 1. The Morgan fingerprint density at radius 3 is 2.64 bits per heavy atom. The highest BCUT2D eigenvalue weighted by Gasteiger charge is 2.34. The molecule has 0 bridgehead atoms. The lowest BCUT2D eigenvalue weighted by atomic mass is 10.0. The molecular formula is C18H18N2O5. The molecule has 1 aliphatic rings. The number of amides is 1. The van der Waals surface area contributed by atoms with Gasteiger partial charge in [0, 0.05) is 12.8 Å². The van der Waals surface area contributed by atoms with E-state index in [-0.39, 0.29) is 24.8 Å². The number of nitrogens with zero attached hydrogens (tertiary/aromatic N) is 2. The van der Waals surface area contributed by atoms with Crippen LogP contribution in [-0.4, -0.2) is 34.8 Å². The monoisotopic (exact) mass is 342 g/mol. The largest absolute Gasteiger partial charge is 0.497 e. The van der Waals surface area contributed by atoms with E-state index in [1.54, 1.807) is 25.5 Å². The standard InChI is InChI=1S/C18H18N2O5/c1-24-13-6-4-12(5-7-13)14-11-15(16-3-2-10-25-16)20(19-14)17(21)8-9-18(22)23/h2-7,10,15H,8-9,11H2,1H3,(H,22,23)/t15-/m0/s1. The van der Waals surface area contributed by atoms with E-state index >= 15 is 0 Å². The normalized spacial score (nSPS) is 16.6. The molecule has 25 heavy (non-hydrogen) atoms. The molecule has 0 fully saturated rings. The zero-order valence-electron chi connectivity index (χ0n) is 13.7. The van der Waals surface area contributed by atoms with Gasteiger partial charge in [-0.1, -0.05) is 0 Å². The van der Waals surface area contributed by atoms with Crippen LogP contribution in [0.1, 0.15) is 36.6 Å². The summed E-state index contributed by atoms with van der Waals surface area (Å²) in [6.45, 7) is 0. The highest BCUT2D eigenvalue weighted by Crippen LogP contribution is 2.33. The van der Waals surface area contributed by atoms with E-state index in [1.807, 2.05) is 24.3 Å². The second kappa shape index (κ2) is 7.21. The number of hydrogen-bond acceptors (Lipinski definition) is 5. The van der Waals surface area contributed by atoms with Gasteiger partial charge in [-0.05, 0) is 42.0 Å². The van der Waals surface area contributed by atoms with E-state index in [9.17, 15) is 9.59 Å². The van der Waals surface area contributed by atoms with Gasteiger partial charge >= 0.3 is 5.97 Å². The van der Waals surface area contributed by atoms with Gasteiger partial charge in [0.05, 0.1) is 25.5 Å². The fourth-order valence-corrected chi connectivity index (χ4v) is 2.73. The molecule has 2 aromatic rings. The summed E-state index contributed by atoms with van der Waals surface area (Å²) < 4.78 is 10.6. The van der Waals surface area contributed by atoms with Crippen molar-refractivity contribution in [1.82, 2.24) is 5.01 Å². The number of benzene rings is 1. The fourth-order valence-electron chi connectivity index (χ4n) is 2.73. The first-order valence-corrected chi connectivity index (χ1v) is 7.87. The lowest BCUT2D eigenvalue weighted by molar-refractivity contribution is -0.141. The van der Waals surface area contributed by atoms with Crippen molar-refractivity contribution in [2.45, 2.75) is 25.3 Å². The minimum Gasteiger partial charge on any atom is -0.497 e. The van der Waals surface area contributed by atoms with Gasteiger partial charge in [-0.15, -0.1) is 0 Å². The van der Waals surface area contributed by atoms with Crippen LogP contribution in [0.2, 0.25) is 0 Å². The Morgan fingerprint density at radius 2 is 2.04 bits per heavy atom. The van der Waals surface area contributed by atoms with Gasteiger partial charge in [0.2, 0.25) is 5.91 Å². The number of furan rings is 1. The van der Waals surface area contributed by atoms with Crippen LogP contribution < -0.4 is 4.74 Å². The van der Waals surface area contributed by atoms with E-state index in [0.717, 1.165) is 17.0 Å². The van der Waals surface area contributed by atoms with Crippen molar-refractivity contribution < 1.29 is 23.8 Å². The maximum absolute atomic E-state index is 12.4. The Balaban J connectivity index is 1.85. The van der Waals surface area contributed by atoms with E-state index < -0.39 is 5.97 Å². The molecular weight excluding hydrogens is 324 g/mol. The summed E-state index contributed by atoms with van der Waals surface area (Å²) in [7, 11) is 1.60. The predicted octanol–water partition coefficient (Wildman–Crippen LogP) is 2.83. The molecule has 1 aromatic heterocycles. The number of rotatable bonds is 6.